The Balaban J connectivity index is 1.78. The predicted molar refractivity (Wildman–Crippen MR) is 75.4 cm³/mol. The third-order valence-electron chi connectivity index (χ3n) is 4.65. The minimum Gasteiger partial charge on any atom is -0.341 e. The first kappa shape index (κ1) is 11.0. The van der Waals surface area contributed by atoms with Gasteiger partial charge in [0.2, 0.25) is 0 Å². The van der Waals surface area contributed by atoms with E-state index in [4.69, 9.17) is 4.98 Å². The van der Waals surface area contributed by atoms with Crippen LogP contribution in [0.4, 0.5) is 0 Å². The second kappa shape index (κ2) is 3.81. The van der Waals surface area contributed by atoms with E-state index in [1.54, 1.807) is 0 Å². The predicted octanol–water partition coefficient (Wildman–Crippen LogP) is 3.48. The quantitative estimate of drug-likeness (QED) is 0.874. The third-order valence-corrected chi connectivity index (χ3v) is 5.14. The van der Waals surface area contributed by atoms with Crippen molar-refractivity contribution in [1.29, 1.82) is 0 Å². The van der Waals surface area contributed by atoms with Crippen LogP contribution in [0.3, 0.4) is 0 Å². The summed E-state index contributed by atoms with van der Waals surface area (Å²) in [5.74, 6) is 1.95. The van der Waals surface area contributed by atoms with Gasteiger partial charge in [-0.1, -0.05) is 15.9 Å². The number of nitrogens with one attached hydrogen (secondary N) is 1. The largest absolute Gasteiger partial charge is 0.341 e. The van der Waals surface area contributed by atoms with Crippen LogP contribution in [0.25, 0.3) is 11.0 Å². The van der Waals surface area contributed by atoms with Gasteiger partial charge in [0.1, 0.15) is 5.82 Å². The highest BCUT2D eigenvalue weighted by Gasteiger charge is 2.45. The Morgan fingerprint density at radius 3 is 3.06 bits per heavy atom. The Bertz CT molecular complexity index is 604. The first-order valence-electron chi connectivity index (χ1n) is 6.59. The Morgan fingerprint density at radius 1 is 1.39 bits per heavy atom. The Morgan fingerprint density at radius 2 is 2.28 bits per heavy atom. The molecule has 2 heterocycles. The van der Waals surface area contributed by atoms with Gasteiger partial charge in [0.25, 0.3) is 0 Å². The standard InChI is InChI=1S/C14H16BrN3/c1-18-10-4-2-8(6-10)13(18)14-16-11-5-3-9(15)7-12(11)17-14/h3,5,7-8,10,13H,2,4,6H2,1H3,(H,16,17)/t8-,10?,13?/m0/s1. The molecular formula is C14H16BrN3. The number of benzene rings is 1. The monoisotopic (exact) mass is 305 g/mol. The normalized spacial score (nSPS) is 31.6. The van der Waals surface area contributed by atoms with Gasteiger partial charge < -0.3 is 4.98 Å². The minimum atomic E-state index is 0.495. The van der Waals surface area contributed by atoms with Crippen LogP contribution in [-0.4, -0.2) is 28.0 Å². The van der Waals surface area contributed by atoms with Gasteiger partial charge in [-0.15, -0.1) is 0 Å². The van der Waals surface area contributed by atoms with Crippen molar-refractivity contribution >= 4 is 27.0 Å². The molecule has 1 aliphatic carbocycles. The van der Waals surface area contributed by atoms with Crippen molar-refractivity contribution in [3.8, 4) is 0 Å². The third kappa shape index (κ3) is 1.48. The smallest absolute Gasteiger partial charge is 0.124 e. The number of piperidine rings is 1. The summed E-state index contributed by atoms with van der Waals surface area (Å²) in [6, 6.07) is 7.51. The number of nitrogens with zero attached hydrogens (tertiary/aromatic N) is 2. The fourth-order valence-electron chi connectivity index (χ4n) is 3.77. The number of rotatable bonds is 1. The molecule has 0 spiro atoms. The fourth-order valence-corrected chi connectivity index (χ4v) is 4.13. The van der Waals surface area contributed by atoms with E-state index < -0.39 is 0 Å². The van der Waals surface area contributed by atoms with Crippen molar-refractivity contribution < 1.29 is 0 Å². The van der Waals surface area contributed by atoms with Crippen LogP contribution in [0.15, 0.2) is 22.7 Å². The molecule has 2 aromatic rings. The van der Waals surface area contributed by atoms with Gasteiger partial charge in [-0.3, -0.25) is 4.90 Å². The van der Waals surface area contributed by atoms with Crippen LogP contribution in [-0.2, 0) is 0 Å². The van der Waals surface area contributed by atoms with E-state index in [9.17, 15) is 0 Å². The van der Waals surface area contributed by atoms with Gasteiger partial charge in [0.15, 0.2) is 0 Å². The average Bonchev–Trinajstić information content (AvgIpc) is 3.00. The van der Waals surface area contributed by atoms with Gasteiger partial charge >= 0.3 is 0 Å². The molecule has 1 saturated carbocycles. The molecule has 3 atom stereocenters. The molecule has 2 unspecified atom stereocenters. The zero-order valence-electron chi connectivity index (χ0n) is 10.4. The molecule has 18 heavy (non-hydrogen) atoms. The van der Waals surface area contributed by atoms with E-state index >= 15 is 0 Å². The van der Waals surface area contributed by atoms with E-state index in [1.165, 1.54) is 19.3 Å². The first-order valence-corrected chi connectivity index (χ1v) is 7.39. The van der Waals surface area contributed by atoms with Gasteiger partial charge in [-0.25, -0.2) is 4.98 Å². The van der Waals surface area contributed by atoms with Crippen molar-refractivity contribution in [2.75, 3.05) is 7.05 Å². The molecule has 2 fully saturated rings. The minimum absolute atomic E-state index is 0.495. The molecule has 1 aliphatic heterocycles. The maximum absolute atomic E-state index is 4.79. The SMILES string of the molecule is CN1C2CC[C@@H](C2)C1c1nc2ccc(Br)cc2[nH]1. The zero-order valence-corrected chi connectivity index (χ0v) is 11.9. The van der Waals surface area contributed by atoms with Crippen molar-refractivity contribution in [2.45, 2.75) is 31.3 Å². The second-order valence-electron chi connectivity index (χ2n) is 5.62. The highest BCUT2D eigenvalue weighted by molar-refractivity contribution is 9.10. The average molecular weight is 306 g/mol. The highest BCUT2D eigenvalue weighted by atomic mass is 79.9. The van der Waals surface area contributed by atoms with Gasteiger partial charge in [0, 0.05) is 10.5 Å². The lowest BCUT2D eigenvalue weighted by atomic mass is 9.98. The molecule has 94 valence electrons. The number of hydrogen-bond acceptors (Lipinski definition) is 2. The molecule has 0 radical (unpaired) electrons. The number of fused-ring (bicyclic) bond motifs is 3. The number of aromatic nitrogens is 2. The zero-order chi connectivity index (χ0) is 12.3. The van der Waals surface area contributed by atoms with E-state index in [2.05, 4.69) is 51.1 Å². The van der Waals surface area contributed by atoms with Gasteiger partial charge in [-0.2, -0.15) is 0 Å². The summed E-state index contributed by atoms with van der Waals surface area (Å²) < 4.78 is 1.10. The van der Waals surface area contributed by atoms with Crippen LogP contribution in [0.2, 0.25) is 0 Å². The van der Waals surface area contributed by atoms with E-state index in [1.807, 2.05) is 0 Å². The molecular weight excluding hydrogens is 290 g/mol. The van der Waals surface area contributed by atoms with Crippen LogP contribution in [0, 0.1) is 5.92 Å². The molecule has 4 heteroatoms. The van der Waals surface area contributed by atoms with Crippen LogP contribution < -0.4 is 0 Å². The van der Waals surface area contributed by atoms with Crippen molar-refractivity contribution in [1.82, 2.24) is 14.9 Å². The molecule has 1 aromatic carbocycles. The number of imidazole rings is 1. The van der Waals surface area contributed by atoms with Crippen LogP contribution in [0.5, 0.6) is 0 Å². The van der Waals surface area contributed by atoms with Crippen LogP contribution >= 0.6 is 15.9 Å². The molecule has 1 saturated heterocycles. The molecule has 0 amide bonds. The summed E-state index contributed by atoms with van der Waals surface area (Å²) in [6.07, 6.45) is 4.08. The summed E-state index contributed by atoms with van der Waals surface area (Å²) in [5, 5.41) is 0. The number of H-pyrrole nitrogens is 1. The summed E-state index contributed by atoms with van der Waals surface area (Å²) in [6.45, 7) is 0. The first-order chi connectivity index (χ1) is 8.72. The lowest BCUT2D eigenvalue weighted by Gasteiger charge is -2.30. The number of halogens is 1. The topological polar surface area (TPSA) is 31.9 Å². The number of aromatic amines is 1. The summed E-state index contributed by atoms with van der Waals surface area (Å²) in [7, 11) is 2.25. The Labute approximate surface area is 115 Å². The molecule has 1 aromatic heterocycles. The molecule has 1 N–H and O–H groups in total. The van der Waals surface area contributed by atoms with Gasteiger partial charge in [0.05, 0.1) is 17.1 Å². The van der Waals surface area contributed by atoms with E-state index in [0.717, 1.165) is 33.3 Å². The number of likely N-dealkylation sites (tertiary alicyclic amines) is 1. The lowest BCUT2D eigenvalue weighted by molar-refractivity contribution is 0.171. The highest BCUT2D eigenvalue weighted by Crippen LogP contribution is 2.48. The summed E-state index contributed by atoms with van der Waals surface area (Å²) in [5.41, 5.74) is 2.21. The molecule has 4 rings (SSSR count). The second-order valence-corrected chi connectivity index (χ2v) is 6.54. The maximum Gasteiger partial charge on any atom is 0.124 e. The van der Waals surface area contributed by atoms with Crippen molar-refractivity contribution in [3.05, 3.63) is 28.5 Å². The van der Waals surface area contributed by atoms with Crippen molar-refractivity contribution in [2.24, 2.45) is 5.92 Å². The Hall–Kier alpha value is -0.870. The summed E-state index contributed by atoms with van der Waals surface area (Å²) in [4.78, 5) is 10.8. The lowest BCUT2D eigenvalue weighted by Crippen LogP contribution is -2.31. The van der Waals surface area contributed by atoms with Crippen LogP contribution in [0.1, 0.15) is 31.1 Å². The molecule has 2 aliphatic rings. The number of hydrogen-bond donors (Lipinski definition) is 1. The van der Waals surface area contributed by atoms with E-state index in [0.29, 0.717) is 6.04 Å². The Kier molecular flexibility index (Phi) is 2.33. The van der Waals surface area contributed by atoms with Gasteiger partial charge in [-0.05, 0) is 50.4 Å². The van der Waals surface area contributed by atoms with Crippen molar-refractivity contribution in [3.63, 3.8) is 0 Å². The molecule has 3 nitrogen and oxygen atoms in total. The molecule has 2 bridgehead atoms. The summed E-state index contributed by atoms with van der Waals surface area (Å²) >= 11 is 3.51. The fraction of sp³-hybridized carbons (Fsp3) is 0.500. The van der Waals surface area contributed by atoms with E-state index in [-0.39, 0.29) is 0 Å². The maximum atomic E-state index is 4.79.